The largest absolute Gasteiger partial charge is 0.362 e. The van der Waals surface area contributed by atoms with Crippen LogP contribution in [-0.2, 0) is 0 Å². The van der Waals surface area contributed by atoms with Crippen LogP contribution in [0.1, 0.15) is 24.8 Å². The summed E-state index contributed by atoms with van der Waals surface area (Å²) in [5.74, 6) is -0.636. The standard InChI is InChI=1S/C25H25F2N7S/c1-16-5-4-9-28-22(16)24-30-17-13-21(29-14-19(17)35-24)31-20-7-6-18(34-12-8-25(26,27)15-34)23(32-20)33-10-2-3-11-33/h4-7,9,13-14H,2-3,8,10-12,15H2,1H3,(H,29,31,32). The van der Waals surface area contributed by atoms with E-state index < -0.39 is 5.92 Å². The van der Waals surface area contributed by atoms with Crippen LogP contribution in [0.15, 0.2) is 42.7 Å². The number of halogens is 2. The van der Waals surface area contributed by atoms with Gasteiger partial charge in [-0.25, -0.2) is 23.7 Å². The molecule has 0 unspecified atom stereocenters. The zero-order valence-corrected chi connectivity index (χ0v) is 20.2. The second-order valence-corrected chi connectivity index (χ2v) is 10.1. The fourth-order valence-corrected chi connectivity index (χ4v) is 5.68. The molecule has 2 fully saturated rings. The maximum absolute atomic E-state index is 13.9. The van der Waals surface area contributed by atoms with Gasteiger partial charge in [-0.2, -0.15) is 0 Å². The smallest absolute Gasteiger partial charge is 0.266 e. The van der Waals surface area contributed by atoms with Gasteiger partial charge in [-0.3, -0.25) is 4.98 Å². The molecule has 0 bridgehead atoms. The summed E-state index contributed by atoms with van der Waals surface area (Å²) < 4.78 is 28.8. The third-order valence-corrected chi connectivity index (χ3v) is 7.53. The van der Waals surface area contributed by atoms with E-state index in [1.165, 1.54) is 0 Å². The molecule has 6 rings (SSSR count). The van der Waals surface area contributed by atoms with Crippen molar-refractivity contribution in [2.45, 2.75) is 32.1 Å². The Kier molecular flexibility index (Phi) is 5.47. The number of rotatable bonds is 5. The predicted molar refractivity (Wildman–Crippen MR) is 136 cm³/mol. The first-order valence-corrected chi connectivity index (χ1v) is 12.6. The van der Waals surface area contributed by atoms with Crippen molar-refractivity contribution in [3.8, 4) is 10.7 Å². The summed E-state index contributed by atoms with van der Waals surface area (Å²) in [6.45, 7) is 3.86. The number of hydrogen-bond donors (Lipinski definition) is 1. The molecule has 1 N–H and O–H groups in total. The number of hydrogen-bond acceptors (Lipinski definition) is 8. The van der Waals surface area contributed by atoms with Crippen molar-refractivity contribution >= 4 is 44.7 Å². The lowest BCUT2D eigenvalue weighted by atomic mass is 10.2. The van der Waals surface area contributed by atoms with Gasteiger partial charge in [0.2, 0.25) is 0 Å². The lowest BCUT2D eigenvalue weighted by Crippen LogP contribution is -2.28. The Balaban J connectivity index is 1.29. The zero-order chi connectivity index (χ0) is 24.0. The van der Waals surface area contributed by atoms with E-state index in [1.807, 2.05) is 37.3 Å². The minimum absolute atomic E-state index is 0.121. The minimum atomic E-state index is -2.65. The Morgan fingerprint density at radius 2 is 1.86 bits per heavy atom. The zero-order valence-electron chi connectivity index (χ0n) is 19.3. The Labute approximate surface area is 205 Å². The van der Waals surface area contributed by atoms with E-state index >= 15 is 0 Å². The van der Waals surface area contributed by atoms with E-state index in [2.05, 4.69) is 20.2 Å². The van der Waals surface area contributed by atoms with E-state index in [0.29, 0.717) is 18.2 Å². The molecule has 180 valence electrons. The van der Waals surface area contributed by atoms with Crippen LogP contribution in [-0.4, -0.2) is 52.0 Å². The second kappa shape index (κ2) is 8.67. The topological polar surface area (TPSA) is 70.1 Å². The second-order valence-electron chi connectivity index (χ2n) is 9.11. The highest BCUT2D eigenvalue weighted by atomic mass is 32.1. The Morgan fingerprint density at radius 1 is 1.00 bits per heavy atom. The highest BCUT2D eigenvalue weighted by Crippen LogP contribution is 2.38. The average Bonchev–Trinajstić information content (AvgIpc) is 3.59. The molecule has 0 atom stereocenters. The number of nitrogens with zero attached hydrogens (tertiary/aromatic N) is 6. The SMILES string of the molecule is Cc1cccnc1-c1nc2cc(Nc3ccc(N4CCC(F)(F)C4)c(N4CCCC4)n3)ncc2s1. The van der Waals surface area contributed by atoms with Crippen LogP contribution in [0.3, 0.4) is 0 Å². The number of aromatic nitrogens is 4. The van der Waals surface area contributed by atoms with Crippen molar-refractivity contribution in [1.29, 1.82) is 0 Å². The Morgan fingerprint density at radius 3 is 2.63 bits per heavy atom. The van der Waals surface area contributed by atoms with Gasteiger partial charge >= 0.3 is 0 Å². The van der Waals surface area contributed by atoms with Gasteiger partial charge in [-0.05, 0) is 43.5 Å². The van der Waals surface area contributed by atoms with Crippen molar-refractivity contribution < 1.29 is 8.78 Å². The predicted octanol–water partition coefficient (Wildman–Crippen LogP) is 5.65. The first kappa shape index (κ1) is 22.1. The number of anilines is 4. The summed E-state index contributed by atoms with van der Waals surface area (Å²) in [5.41, 5.74) is 3.56. The first-order chi connectivity index (χ1) is 16.9. The van der Waals surface area contributed by atoms with Crippen LogP contribution < -0.4 is 15.1 Å². The van der Waals surface area contributed by atoms with Gasteiger partial charge in [0.15, 0.2) is 5.82 Å². The molecule has 0 radical (unpaired) electrons. The van der Waals surface area contributed by atoms with Crippen LogP contribution in [0, 0.1) is 6.92 Å². The Hall–Kier alpha value is -3.40. The van der Waals surface area contributed by atoms with E-state index in [-0.39, 0.29) is 13.0 Å². The van der Waals surface area contributed by atoms with Gasteiger partial charge in [-0.1, -0.05) is 6.07 Å². The van der Waals surface area contributed by atoms with Crippen molar-refractivity contribution in [1.82, 2.24) is 19.9 Å². The maximum Gasteiger partial charge on any atom is 0.266 e. The summed E-state index contributed by atoms with van der Waals surface area (Å²) >= 11 is 1.56. The van der Waals surface area contributed by atoms with Gasteiger partial charge < -0.3 is 15.1 Å². The summed E-state index contributed by atoms with van der Waals surface area (Å²) in [6, 6.07) is 9.57. The normalized spacial score (nSPS) is 17.5. The molecule has 6 heterocycles. The molecular formula is C25H25F2N7S. The fourth-order valence-electron chi connectivity index (χ4n) is 4.71. The molecule has 2 aliphatic rings. The van der Waals surface area contributed by atoms with E-state index in [1.54, 1.807) is 28.6 Å². The van der Waals surface area contributed by atoms with E-state index in [9.17, 15) is 8.78 Å². The van der Waals surface area contributed by atoms with Crippen molar-refractivity contribution in [3.05, 3.63) is 48.3 Å². The van der Waals surface area contributed by atoms with E-state index in [0.717, 1.165) is 63.9 Å². The molecule has 2 aliphatic heterocycles. The van der Waals surface area contributed by atoms with E-state index in [4.69, 9.17) is 9.97 Å². The van der Waals surface area contributed by atoms with Crippen LogP contribution >= 0.6 is 11.3 Å². The molecule has 0 saturated carbocycles. The number of alkyl halides is 2. The van der Waals surface area contributed by atoms with Crippen molar-refractivity contribution in [2.24, 2.45) is 0 Å². The number of fused-ring (bicyclic) bond motifs is 1. The van der Waals surface area contributed by atoms with Gasteiger partial charge in [0.05, 0.1) is 22.4 Å². The van der Waals surface area contributed by atoms with Crippen LogP contribution in [0.4, 0.5) is 31.9 Å². The molecule has 4 aromatic heterocycles. The third-order valence-electron chi connectivity index (χ3n) is 6.51. The lowest BCUT2D eigenvalue weighted by Gasteiger charge is -2.26. The van der Waals surface area contributed by atoms with Crippen molar-refractivity contribution in [3.63, 3.8) is 0 Å². The molecule has 7 nitrogen and oxygen atoms in total. The quantitative estimate of drug-likeness (QED) is 0.385. The highest BCUT2D eigenvalue weighted by Gasteiger charge is 2.39. The highest BCUT2D eigenvalue weighted by molar-refractivity contribution is 7.21. The third kappa shape index (κ3) is 4.38. The van der Waals surface area contributed by atoms with Crippen LogP contribution in [0.25, 0.3) is 20.9 Å². The van der Waals surface area contributed by atoms with Gasteiger partial charge in [0.25, 0.3) is 5.92 Å². The number of thiazole rings is 1. The molecule has 0 aliphatic carbocycles. The number of aryl methyl sites for hydroxylation is 1. The first-order valence-electron chi connectivity index (χ1n) is 11.8. The monoisotopic (exact) mass is 493 g/mol. The molecular weight excluding hydrogens is 468 g/mol. The summed E-state index contributed by atoms with van der Waals surface area (Å²) in [4.78, 5) is 22.6. The number of nitrogens with one attached hydrogen (secondary N) is 1. The fraction of sp³-hybridized carbons (Fsp3) is 0.360. The molecule has 2 saturated heterocycles. The van der Waals surface area contributed by atoms with Gasteiger partial charge in [-0.15, -0.1) is 11.3 Å². The summed E-state index contributed by atoms with van der Waals surface area (Å²) in [7, 11) is 0. The molecule has 35 heavy (non-hydrogen) atoms. The van der Waals surface area contributed by atoms with Crippen molar-refractivity contribution in [2.75, 3.05) is 41.3 Å². The minimum Gasteiger partial charge on any atom is -0.362 e. The van der Waals surface area contributed by atoms with Gasteiger partial charge in [0, 0.05) is 44.5 Å². The maximum atomic E-state index is 13.9. The molecule has 10 heteroatoms. The molecule has 0 aromatic carbocycles. The lowest BCUT2D eigenvalue weighted by molar-refractivity contribution is 0.0257. The summed E-state index contributed by atoms with van der Waals surface area (Å²) in [6.07, 6.45) is 5.61. The van der Waals surface area contributed by atoms with Crippen LogP contribution in [0.2, 0.25) is 0 Å². The molecule has 4 aromatic rings. The average molecular weight is 494 g/mol. The molecule has 0 amide bonds. The Bertz CT molecular complexity index is 1380. The summed E-state index contributed by atoms with van der Waals surface area (Å²) in [5, 5.41) is 4.15. The number of pyridine rings is 3. The molecule has 0 spiro atoms. The van der Waals surface area contributed by atoms with Gasteiger partial charge in [0.1, 0.15) is 22.3 Å². The van der Waals surface area contributed by atoms with Crippen LogP contribution in [0.5, 0.6) is 0 Å².